The number of rotatable bonds is 3. The summed E-state index contributed by atoms with van der Waals surface area (Å²) in [5.41, 5.74) is 1.94. The summed E-state index contributed by atoms with van der Waals surface area (Å²) in [6.07, 6.45) is 3.42. The summed E-state index contributed by atoms with van der Waals surface area (Å²) in [5, 5.41) is 0. The van der Waals surface area contributed by atoms with Gasteiger partial charge in [0.1, 0.15) is 6.29 Å². The molecule has 0 amide bonds. The van der Waals surface area contributed by atoms with Crippen molar-refractivity contribution >= 4 is 27.9 Å². The Morgan fingerprint density at radius 1 is 1.33 bits per heavy atom. The molecule has 2 nitrogen and oxygen atoms in total. The van der Waals surface area contributed by atoms with Crippen molar-refractivity contribution in [2.75, 3.05) is 18.0 Å². The molecule has 18 heavy (non-hydrogen) atoms. The molecule has 0 unspecified atom stereocenters. The molecule has 0 N–H and O–H groups in total. The van der Waals surface area contributed by atoms with Gasteiger partial charge in [-0.2, -0.15) is 0 Å². The minimum absolute atomic E-state index is 0.725. The van der Waals surface area contributed by atoms with Gasteiger partial charge in [-0.15, -0.1) is 0 Å². The Hall–Kier alpha value is -0.830. The summed E-state index contributed by atoms with van der Waals surface area (Å²) in [6.45, 7) is 6.86. The second kappa shape index (κ2) is 5.87. The summed E-state index contributed by atoms with van der Waals surface area (Å²) in [7, 11) is 0. The lowest BCUT2D eigenvalue weighted by atomic mass is 9.86. The molecule has 0 atom stereocenters. The van der Waals surface area contributed by atoms with Gasteiger partial charge in [-0.05, 0) is 58.8 Å². The minimum Gasteiger partial charge on any atom is -0.371 e. The van der Waals surface area contributed by atoms with Gasteiger partial charge in [0, 0.05) is 23.1 Å². The molecule has 1 fully saturated rings. The summed E-state index contributed by atoms with van der Waals surface area (Å²) in [5.74, 6) is 1.64. The van der Waals surface area contributed by atoms with Crippen LogP contribution in [0.2, 0.25) is 0 Å². The first kappa shape index (κ1) is 13.6. The number of piperidine rings is 1. The first-order chi connectivity index (χ1) is 8.61. The van der Waals surface area contributed by atoms with Gasteiger partial charge in [0.15, 0.2) is 0 Å². The summed E-state index contributed by atoms with van der Waals surface area (Å²) < 4.78 is 1.02. The monoisotopic (exact) mass is 309 g/mol. The van der Waals surface area contributed by atoms with E-state index in [-0.39, 0.29) is 0 Å². The third kappa shape index (κ3) is 2.94. The fourth-order valence-corrected chi connectivity index (χ4v) is 3.31. The smallest absolute Gasteiger partial charge is 0.150 e. The van der Waals surface area contributed by atoms with Crippen molar-refractivity contribution in [2.45, 2.75) is 26.7 Å². The molecule has 0 saturated carbocycles. The SMILES string of the molecule is CC(C)C1CCN(c2ccc(C=O)cc2Br)CC1. The van der Waals surface area contributed by atoms with Crippen LogP contribution >= 0.6 is 15.9 Å². The molecule has 0 radical (unpaired) electrons. The van der Waals surface area contributed by atoms with Crippen molar-refractivity contribution in [3.05, 3.63) is 28.2 Å². The molecule has 1 aliphatic heterocycles. The maximum atomic E-state index is 10.7. The second-order valence-corrected chi connectivity index (χ2v) is 6.25. The van der Waals surface area contributed by atoms with Gasteiger partial charge in [-0.3, -0.25) is 4.79 Å². The van der Waals surface area contributed by atoms with Gasteiger partial charge in [0.2, 0.25) is 0 Å². The molecule has 0 aliphatic carbocycles. The molecular formula is C15H20BrNO. The molecule has 1 aromatic rings. The quantitative estimate of drug-likeness (QED) is 0.782. The number of halogens is 1. The second-order valence-electron chi connectivity index (χ2n) is 5.40. The predicted molar refractivity (Wildman–Crippen MR) is 79.3 cm³/mol. The molecule has 1 saturated heterocycles. The Balaban J connectivity index is 2.07. The Bertz CT molecular complexity index is 423. The molecule has 2 rings (SSSR count). The third-order valence-corrected chi connectivity index (χ3v) is 4.57. The minimum atomic E-state index is 0.725. The van der Waals surface area contributed by atoms with Crippen LogP contribution in [-0.2, 0) is 0 Å². The Kier molecular flexibility index (Phi) is 4.44. The van der Waals surface area contributed by atoms with Crippen molar-refractivity contribution in [1.29, 1.82) is 0 Å². The van der Waals surface area contributed by atoms with E-state index in [9.17, 15) is 4.79 Å². The van der Waals surface area contributed by atoms with E-state index in [1.54, 1.807) is 0 Å². The lowest BCUT2D eigenvalue weighted by molar-refractivity contribution is 0.112. The number of nitrogens with zero attached hydrogens (tertiary/aromatic N) is 1. The van der Waals surface area contributed by atoms with Crippen molar-refractivity contribution in [3.8, 4) is 0 Å². The third-order valence-electron chi connectivity index (χ3n) is 3.93. The summed E-state index contributed by atoms with van der Waals surface area (Å²) in [6, 6.07) is 5.84. The zero-order valence-corrected chi connectivity index (χ0v) is 12.6. The summed E-state index contributed by atoms with van der Waals surface area (Å²) >= 11 is 3.57. The number of hydrogen-bond acceptors (Lipinski definition) is 2. The Morgan fingerprint density at radius 2 is 2.00 bits per heavy atom. The standard InChI is InChI=1S/C15H20BrNO/c1-11(2)13-5-7-17(8-6-13)15-4-3-12(10-18)9-14(15)16/h3-4,9-11,13H,5-8H2,1-2H3. The lowest BCUT2D eigenvalue weighted by Crippen LogP contribution is -2.35. The molecule has 1 aliphatic rings. The highest BCUT2D eigenvalue weighted by atomic mass is 79.9. The molecule has 0 aromatic heterocycles. The lowest BCUT2D eigenvalue weighted by Gasteiger charge is -2.35. The van der Waals surface area contributed by atoms with Crippen molar-refractivity contribution in [3.63, 3.8) is 0 Å². The number of carbonyl (C=O) groups excluding carboxylic acids is 1. The van der Waals surface area contributed by atoms with Crippen molar-refractivity contribution < 1.29 is 4.79 Å². The number of carbonyl (C=O) groups is 1. The van der Waals surface area contributed by atoms with Crippen LogP contribution in [0, 0.1) is 11.8 Å². The van der Waals surface area contributed by atoms with E-state index < -0.39 is 0 Å². The van der Waals surface area contributed by atoms with Gasteiger partial charge in [-0.1, -0.05) is 13.8 Å². The zero-order valence-electron chi connectivity index (χ0n) is 11.0. The van der Waals surface area contributed by atoms with E-state index >= 15 is 0 Å². The highest BCUT2D eigenvalue weighted by Crippen LogP contribution is 2.32. The topological polar surface area (TPSA) is 20.3 Å². The van der Waals surface area contributed by atoms with E-state index in [0.29, 0.717) is 0 Å². The normalized spacial score (nSPS) is 17.2. The van der Waals surface area contributed by atoms with Gasteiger partial charge >= 0.3 is 0 Å². The molecule has 1 heterocycles. The van der Waals surface area contributed by atoms with Crippen LogP contribution in [-0.4, -0.2) is 19.4 Å². The Morgan fingerprint density at radius 3 is 2.50 bits per heavy atom. The number of benzene rings is 1. The van der Waals surface area contributed by atoms with Gasteiger partial charge in [0.25, 0.3) is 0 Å². The average molecular weight is 310 g/mol. The highest BCUT2D eigenvalue weighted by Gasteiger charge is 2.22. The maximum Gasteiger partial charge on any atom is 0.150 e. The predicted octanol–water partition coefficient (Wildman–Crippen LogP) is 4.13. The van der Waals surface area contributed by atoms with Crippen LogP contribution in [0.25, 0.3) is 0 Å². The van der Waals surface area contributed by atoms with E-state index in [0.717, 1.165) is 41.2 Å². The van der Waals surface area contributed by atoms with Gasteiger partial charge in [-0.25, -0.2) is 0 Å². The highest BCUT2D eigenvalue weighted by molar-refractivity contribution is 9.10. The number of hydrogen-bond donors (Lipinski definition) is 0. The van der Waals surface area contributed by atoms with E-state index in [1.165, 1.54) is 18.5 Å². The van der Waals surface area contributed by atoms with Crippen molar-refractivity contribution in [2.24, 2.45) is 11.8 Å². The average Bonchev–Trinajstić information content (AvgIpc) is 2.38. The van der Waals surface area contributed by atoms with E-state index in [2.05, 4.69) is 34.7 Å². The van der Waals surface area contributed by atoms with E-state index in [1.807, 2.05) is 18.2 Å². The van der Waals surface area contributed by atoms with Gasteiger partial charge in [0.05, 0.1) is 5.69 Å². The van der Waals surface area contributed by atoms with E-state index in [4.69, 9.17) is 0 Å². The largest absolute Gasteiger partial charge is 0.371 e. The first-order valence-corrected chi connectivity index (χ1v) is 7.40. The first-order valence-electron chi connectivity index (χ1n) is 6.61. The van der Waals surface area contributed by atoms with Crippen LogP contribution in [0.3, 0.4) is 0 Å². The molecule has 1 aromatic carbocycles. The molecule has 98 valence electrons. The zero-order chi connectivity index (χ0) is 13.1. The van der Waals surface area contributed by atoms with Crippen LogP contribution in [0.15, 0.2) is 22.7 Å². The molecule has 0 bridgehead atoms. The summed E-state index contributed by atoms with van der Waals surface area (Å²) in [4.78, 5) is 13.1. The Labute approximate surface area is 117 Å². The fourth-order valence-electron chi connectivity index (χ4n) is 2.66. The number of aldehydes is 1. The number of anilines is 1. The van der Waals surface area contributed by atoms with Crippen LogP contribution in [0.5, 0.6) is 0 Å². The van der Waals surface area contributed by atoms with Crippen LogP contribution < -0.4 is 4.90 Å². The molecule has 0 spiro atoms. The van der Waals surface area contributed by atoms with Crippen LogP contribution in [0.4, 0.5) is 5.69 Å². The fraction of sp³-hybridized carbons (Fsp3) is 0.533. The van der Waals surface area contributed by atoms with Crippen LogP contribution in [0.1, 0.15) is 37.0 Å². The van der Waals surface area contributed by atoms with Gasteiger partial charge < -0.3 is 4.90 Å². The molecule has 3 heteroatoms. The molecular weight excluding hydrogens is 290 g/mol. The maximum absolute atomic E-state index is 10.7. The van der Waals surface area contributed by atoms with Crippen molar-refractivity contribution in [1.82, 2.24) is 0 Å².